The zero-order valence-electron chi connectivity index (χ0n) is 7.30. The molecule has 2 fully saturated rings. The average Bonchev–Trinajstić information content (AvgIpc) is 2.77. The fraction of sp³-hybridized carbons (Fsp3) is 0.857. The van der Waals surface area contributed by atoms with E-state index in [0.29, 0.717) is 12.0 Å². The molecule has 0 amide bonds. The Morgan fingerprint density at radius 1 is 1.38 bits per heavy atom. The molecule has 2 bridgehead atoms. The maximum Gasteiger partial charge on any atom is 0.260 e. The van der Waals surface area contributed by atoms with Crippen molar-refractivity contribution < 1.29 is 0 Å². The molecular formula is C7H12N6. The van der Waals surface area contributed by atoms with Crippen LogP contribution >= 0.6 is 0 Å². The molecular weight excluding hydrogens is 168 g/mol. The summed E-state index contributed by atoms with van der Waals surface area (Å²) in [6.07, 6.45) is 1.26. The summed E-state index contributed by atoms with van der Waals surface area (Å²) in [5, 5.41) is 11.7. The monoisotopic (exact) mass is 180 g/mol. The predicted octanol–water partition coefficient (Wildman–Crippen LogP) is -0.868. The lowest BCUT2D eigenvalue weighted by atomic mass is 10.0. The molecule has 1 aromatic rings. The first-order valence-corrected chi connectivity index (χ1v) is 4.60. The largest absolute Gasteiger partial charge is 0.365 e. The van der Waals surface area contributed by atoms with Gasteiger partial charge in [0.2, 0.25) is 0 Å². The Bertz CT molecular complexity index is 321. The van der Waals surface area contributed by atoms with Crippen LogP contribution in [0.4, 0.5) is 5.95 Å². The normalized spacial score (nSPS) is 37.1. The summed E-state index contributed by atoms with van der Waals surface area (Å²) in [6, 6.07) is 0.401. The molecule has 2 aliphatic rings. The molecule has 6 heteroatoms. The van der Waals surface area contributed by atoms with Gasteiger partial charge in [-0.3, -0.25) is 0 Å². The van der Waals surface area contributed by atoms with E-state index in [1.807, 2.05) is 0 Å². The van der Waals surface area contributed by atoms with Crippen LogP contribution in [0.1, 0.15) is 12.5 Å². The Kier molecular flexibility index (Phi) is 1.35. The van der Waals surface area contributed by atoms with Crippen LogP contribution in [0.2, 0.25) is 0 Å². The molecule has 2 aliphatic heterocycles. The second-order valence-corrected chi connectivity index (χ2v) is 3.84. The third kappa shape index (κ3) is 1.02. The van der Waals surface area contributed by atoms with E-state index >= 15 is 0 Å². The summed E-state index contributed by atoms with van der Waals surface area (Å²) in [6.45, 7) is 3.47. The highest BCUT2D eigenvalue weighted by molar-refractivity contribution is 5.07. The van der Waals surface area contributed by atoms with Crippen LogP contribution in [0.15, 0.2) is 0 Å². The Balaban J connectivity index is 1.87. The molecule has 13 heavy (non-hydrogen) atoms. The minimum Gasteiger partial charge on any atom is -0.365 e. The third-order valence-corrected chi connectivity index (χ3v) is 3.04. The number of aromatic nitrogens is 4. The number of rotatable bonds is 1. The Morgan fingerprint density at radius 2 is 2.31 bits per heavy atom. The number of nitrogens with two attached hydrogens (primary N) is 1. The van der Waals surface area contributed by atoms with Crippen molar-refractivity contribution in [3.05, 3.63) is 0 Å². The smallest absolute Gasteiger partial charge is 0.260 e. The fourth-order valence-electron chi connectivity index (χ4n) is 2.39. The minimum absolute atomic E-state index is 0.276. The van der Waals surface area contributed by atoms with Crippen LogP contribution in [-0.2, 0) is 0 Å². The van der Waals surface area contributed by atoms with Gasteiger partial charge in [0.1, 0.15) is 0 Å². The maximum absolute atomic E-state index is 5.43. The van der Waals surface area contributed by atoms with Crippen LogP contribution in [-0.4, -0.2) is 44.7 Å². The topological polar surface area (TPSA) is 72.9 Å². The zero-order chi connectivity index (χ0) is 8.84. The van der Waals surface area contributed by atoms with E-state index in [1.165, 1.54) is 19.5 Å². The lowest BCUT2D eigenvalue weighted by Crippen LogP contribution is -2.27. The van der Waals surface area contributed by atoms with Crippen molar-refractivity contribution in [2.75, 3.05) is 25.4 Å². The minimum atomic E-state index is 0.276. The number of nitrogen functional groups attached to an aromatic ring is 1. The number of anilines is 1. The van der Waals surface area contributed by atoms with Crippen molar-refractivity contribution in [3.8, 4) is 0 Å². The summed E-state index contributed by atoms with van der Waals surface area (Å²) in [4.78, 5) is 4.12. The number of hydrogen-bond donors (Lipinski definition) is 1. The van der Waals surface area contributed by atoms with Gasteiger partial charge in [0.05, 0.1) is 6.04 Å². The van der Waals surface area contributed by atoms with Gasteiger partial charge in [0.15, 0.2) is 0 Å². The van der Waals surface area contributed by atoms with Gasteiger partial charge < -0.3 is 10.6 Å². The van der Waals surface area contributed by atoms with E-state index in [1.54, 1.807) is 4.80 Å². The second-order valence-electron chi connectivity index (χ2n) is 3.84. The lowest BCUT2D eigenvalue weighted by Gasteiger charge is -2.20. The van der Waals surface area contributed by atoms with Gasteiger partial charge in [-0.1, -0.05) is 5.10 Å². The van der Waals surface area contributed by atoms with Gasteiger partial charge in [-0.2, -0.15) is 4.80 Å². The van der Waals surface area contributed by atoms with Gasteiger partial charge >= 0.3 is 0 Å². The Labute approximate surface area is 75.7 Å². The molecule has 1 unspecified atom stereocenters. The molecule has 2 N–H and O–H groups in total. The number of nitrogens with zero attached hydrogens (tertiary/aromatic N) is 5. The summed E-state index contributed by atoms with van der Waals surface area (Å²) in [5.41, 5.74) is 5.43. The van der Waals surface area contributed by atoms with E-state index < -0.39 is 0 Å². The molecule has 6 nitrogen and oxygen atoms in total. The van der Waals surface area contributed by atoms with Crippen molar-refractivity contribution in [3.63, 3.8) is 0 Å². The highest BCUT2D eigenvalue weighted by Gasteiger charge is 2.40. The summed E-state index contributed by atoms with van der Waals surface area (Å²) < 4.78 is 0. The molecule has 3 atom stereocenters. The molecule has 3 heterocycles. The van der Waals surface area contributed by atoms with E-state index in [0.717, 1.165) is 6.54 Å². The number of tetrazole rings is 1. The Morgan fingerprint density at radius 3 is 2.85 bits per heavy atom. The van der Waals surface area contributed by atoms with Gasteiger partial charge in [-0.05, 0) is 24.1 Å². The van der Waals surface area contributed by atoms with Crippen molar-refractivity contribution in [2.24, 2.45) is 5.92 Å². The van der Waals surface area contributed by atoms with E-state index in [2.05, 4.69) is 20.3 Å². The summed E-state index contributed by atoms with van der Waals surface area (Å²) >= 11 is 0. The molecule has 2 saturated heterocycles. The van der Waals surface area contributed by atoms with Crippen molar-refractivity contribution in [2.45, 2.75) is 12.5 Å². The summed E-state index contributed by atoms with van der Waals surface area (Å²) in [5.74, 6) is 0.978. The van der Waals surface area contributed by atoms with Crippen molar-refractivity contribution in [1.29, 1.82) is 0 Å². The molecule has 0 radical (unpaired) electrons. The van der Waals surface area contributed by atoms with Crippen LogP contribution in [0.5, 0.6) is 0 Å². The van der Waals surface area contributed by atoms with E-state index in [4.69, 9.17) is 5.73 Å². The zero-order valence-corrected chi connectivity index (χ0v) is 7.30. The van der Waals surface area contributed by atoms with E-state index in [-0.39, 0.29) is 5.95 Å². The Hall–Kier alpha value is -1.17. The number of piperidine rings is 1. The van der Waals surface area contributed by atoms with Crippen LogP contribution in [0.3, 0.4) is 0 Å². The fourth-order valence-corrected chi connectivity index (χ4v) is 2.39. The molecule has 1 aromatic heterocycles. The lowest BCUT2D eigenvalue weighted by molar-refractivity contribution is 0.263. The number of hydrogen-bond acceptors (Lipinski definition) is 5. The average molecular weight is 180 g/mol. The highest BCUT2D eigenvalue weighted by atomic mass is 15.6. The predicted molar refractivity (Wildman–Crippen MR) is 45.8 cm³/mol. The van der Waals surface area contributed by atoms with Gasteiger partial charge in [0.25, 0.3) is 5.95 Å². The summed E-state index contributed by atoms with van der Waals surface area (Å²) in [7, 11) is 0. The number of fused-ring (bicyclic) bond motifs is 2. The van der Waals surface area contributed by atoms with Gasteiger partial charge in [0, 0.05) is 13.1 Å². The molecule has 0 aliphatic carbocycles. The standard InChI is InChI=1S/C7H12N6/c8-7-9-11-13(10-7)6-4-12-2-1-5(6)3-12/h5-6H,1-4H2,(H2,8,10)/t5-,6+/m1/s1. The quantitative estimate of drug-likeness (QED) is 0.608. The maximum atomic E-state index is 5.43. The van der Waals surface area contributed by atoms with E-state index in [9.17, 15) is 0 Å². The van der Waals surface area contributed by atoms with Crippen LogP contribution in [0.25, 0.3) is 0 Å². The van der Waals surface area contributed by atoms with Crippen molar-refractivity contribution in [1.82, 2.24) is 25.1 Å². The van der Waals surface area contributed by atoms with Crippen LogP contribution in [0, 0.1) is 5.92 Å². The first-order valence-electron chi connectivity index (χ1n) is 4.60. The molecule has 3 rings (SSSR count). The van der Waals surface area contributed by atoms with Gasteiger partial charge in [-0.25, -0.2) is 0 Å². The molecule has 0 saturated carbocycles. The first-order chi connectivity index (χ1) is 6.33. The molecule has 0 aromatic carbocycles. The van der Waals surface area contributed by atoms with Gasteiger partial charge in [-0.15, -0.1) is 5.10 Å². The highest BCUT2D eigenvalue weighted by Crippen LogP contribution is 2.35. The van der Waals surface area contributed by atoms with Crippen molar-refractivity contribution >= 4 is 5.95 Å². The molecule has 70 valence electrons. The first kappa shape index (κ1) is 7.25. The van der Waals surface area contributed by atoms with Crippen LogP contribution < -0.4 is 5.73 Å². The second kappa shape index (κ2) is 2.41. The SMILES string of the molecule is Nc1nnn([C@H]2CN3CC[C@@H]2C3)n1. The third-order valence-electron chi connectivity index (χ3n) is 3.04. The molecule has 0 spiro atoms.